The predicted molar refractivity (Wildman–Crippen MR) is 95.1 cm³/mol. The van der Waals surface area contributed by atoms with Crippen LogP contribution in [0.1, 0.15) is 23.6 Å². The number of hydrazone groups is 1. The van der Waals surface area contributed by atoms with Crippen LogP contribution in [-0.4, -0.2) is 42.4 Å². The number of hydrogen-bond donors (Lipinski definition) is 3. The van der Waals surface area contributed by atoms with Gasteiger partial charge in [0.2, 0.25) is 0 Å². The summed E-state index contributed by atoms with van der Waals surface area (Å²) in [5.74, 6) is 1.48. The van der Waals surface area contributed by atoms with E-state index in [0.717, 1.165) is 34.8 Å². The Hall–Kier alpha value is -2.57. The lowest BCUT2D eigenvalue weighted by atomic mass is 9.99. The van der Waals surface area contributed by atoms with Crippen LogP contribution in [0.25, 0.3) is 0 Å². The molecule has 1 atom stereocenters. The number of rotatable bonds is 8. The average Bonchev–Trinajstić information content (AvgIpc) is 3.15. The molecule has 1 aliphatic rings. The Morgan fingerprint density at radius 3 is 2.00 bits per heavy atom. The molecule has 3 rings (SSSR count). The Kier molecular flexibility index (Phi) is 5.87. The summed E-state index contributed by atoms with van der Waals surface area (Å²) in [5, 5.41) is 22.0. The van der Waals surface area contributed by atoms with E-state index in [1.165, 1.54) is 0 Å². The van der Waals surface area contributed by atoms with Gasteiger partial charge in [-0.1, -0.05) is 12.1 Å². The number of nitrogens with one attached hydrogen (secondary N) is 1. The first-order valence-electron chi connectivity index (χ1n) is 8.30. The molecule has 0 bridgehead atoms. The fourth-order valence-electron chi connectivity index (χ4n) is 2.68. The maximum Gasteiger partial charge on any atom is 0.119 e. The molecule has 0 saturated carbocycles. The third kappa shape index (κ3) is 4.49. The van der Waals surface area contributed by atoms with Crippen LogP contribution in [0.5, 0.6) is 11.5 Å². The molecular weight excluding hydrogens is 320 g/mol. The van der Waals surface area contributed by atoms with Gasteiger partial charge in [0.25, 0.3) is 0 Å². The van der Waals surface area contributed by atoms with Crippen molar-refractivity contribution in [3.8, 4) is 11.5 Å². The molecule has 0 aliphatic carbocycles. The first-order chi connectivity index (χ1) is 12.3. The Morgan fingerprint density at radius 2 is 1.44 bits per heavy atom. The highest BCUT2D eigenvalue weighted by molar-refractivity contribution is 6.01. The maximum absolute atomic E-state index is 8.78. The van der Waals surface area contributed by atoms with Crippen LogP contribution < -0.4 is 14.9 Å². The van der Waals surface area contributed by atoms with Gasteiger partial charge >= 0.3 is 0 Å². The summed E-state index contributed by atoms with van der Waals surface area (Å²) >= 11 is 0. The van der Waals surface area contributed by atoms with Crippen molar-refractivity contribution in [3.63, 3.8) is 0 Å². The van der Waals surface area contributed by atoms with E-state index < -0.39 is 0 Å². The molecule has 2 aromatic carbocycles. The minimum absolute atomic E-state index is 0.00386. The van der Waals surface area contributed by atoms with Gasteiger partial charge in [0, 0.05) is 6.42 Å². The number of aliphatic hydroxyl groups excluding tert-OH is 2. The Bertz CT molecular complexity index is 698. The standard InChI is InChI=1S/C19H22N2O4/c22-9-11-24-16-5-1-14(2-6-16)18-13-19(21-20-18)15-3-7-17(8-4-15)25-12-10-23/h1-8,18,20,22-23H,9-13H2. The third-order valence-electron chi connectivity index (χ3n) is 3.94. The van der Waals surface area contributed by atoms with E-state index in [1.54, 1.807) is 0 Å². The number of nitrogens with zero attached hydrogens (tertiary/aromatic N) is 1. The Balaban J connectivity index is 1.59. The lowest BCUT2D eigenvalue weighted by Gasteiger charge is -2.11. The molecule has 0 spiro atoms. The molecule has 0 aromatic heterocycles. The highest BCUT2D eigenvalue weighted by Gasteiger charge is 2.21. The summed E-state index contributed by atoms with van der Waals surface area (Å²) in [6.07, 6.45) is 0.799. The molecule has 6 heteroatoms. The first-order valence-corrected chi connectivity index (χ1v) is 8.30. The smallest absolute Gasteiger partial charge is 0.119 e. The van der Waals surface area contributed by atoms with Crippen molar-refractivity contribution < 1.29 is 19.7 Å². The minimum atomic E-state index is 0.00386. The fraction of sp³-hybridized carbons (Fsp3) is 0.316. The Labute approximate surface area is 146 Å². The molecule has 2 aromatic rings. The van der Waals surface area contributed by atoms with Crippen molar-refractivity contribution in [3.05, 3.63) is 59.7 Å². The van der Waals surface area contributed by atoms with Crippen LogP contribution in [0.15, 0.2) is 53.6 Å². The first kappa shape index (κ1) is 17.3. The molecule has 0 amide bonds. The number of hydrogen-bond acceptors (Lipinski definition) is 6. The molecule has 1 aliphatic heterocycles. The number of aliphatic hydroxyl groups is 2. The number of benzene rings is 2. The molecule has 0 saturated heterocycles. The van der Waals surface area contributed by atoms with Crippen LogP contribution in [0.2, 0.25) is 0 Å². The van der Waals surface area contributed by atoms with Gasteiger partial charge < -0.3 is 25.1 Å². The van der Waals surface area contributed by atoms with Gasteiger partial charge in [-0.15, -0.1) is 0 Å². The van der Waals surface area contributed by atoms with Crippen molar-refractivity contribution >= 4 is 5.71 Å². The molecular formula is C19H22N2O4. The van der Waals surface area contributed by atoms with Crippen LogP contribution in [0.3, 0.4) is 0 Å². The van der Waals surface area contributed by atoms with E-state index in [1.807, 2.05) is 48.5 Å². The summed E-state index contributed by atoms with van der Waals surface area (Å²) in [7, 11) is 0. The summed E-state index contributed by atoms with van der Waals surface area (Å²) in [5.41, 5.74) is 6.36. The fourth-order valence-corrected chi connectivity index (χ4v) is 2.68. The zero-order valence-corrected chi connectivity index (χ0v) is 13.9. The highest BCUT2D eigenvalue weighted by atomic mass is 16.5. The molecule has 6 nitrogen and oxygen atoms in total. The molecule has 132 valence electrons. The molecule has 0 fully saturated rings. The summed E-state index contributed by atoms with van der Waals surface area (Å²) in [4.78, 5) is 0. The lowest BCUT2D eigenvalue weighted by molar-refractivity contribution is 0.201. The van der Waals surface area contributed by atoms with E-state index in [4.69, 9.17) is 19.7 Å². The summed E-state index contributed by atoms with van der Waals surface area (Å²) in [6.45, 7) is 0.602. The topological polar surface area (TPSA) is 83.3 Å². The van der Waals surface area contributed by atoms with Gasteiger partial charge in [-0.2, -0.15) is 5.10 Å². The monoisotopic (exact) mass is 342 g/mol. The highest BCUT2D eigenvalue weighted by Crippen LogP contribution is 2.26. The molecule has 1 unspecified atom stereocenters. The SMILES string of the molecule is OCCOc1ccc(C2=NNC(c3ccc(OCCO)cc3)C2)cc1. The van der Waals surface area contributed by atoms with Crippen LogP contribution in [0.4, 0.5) is 0 Å². The van der Waals surface area contributed by atoms with Gasteiger partial charge in [0.1, 0.15) is 24.7 Å². The second-order valence-corrected chi connectivity index (χ2v) is 5.68. The van der Waals surface area contributed by atoms with Crippen LogP contribution in [-0.2, 0) is 0 Å². The largest absolute Gasteiger partial charge is 0.491 e. The van der Waals surface area contributed by atoms with Crippen molar-refractivity contribution in [2.24, 2.45) is 5.10 Å². The zero-order valence-electron chi connectivity index (χ0n) is 13.9. The van der Waals surface area contributed by atoms with Crippen molar-refractivity contribution in [2.45, 2.75) is 12.5 Å². The maximum atomic E-state index is 8.78. The van der Waals surface area contributed by atoms with Gasteiger partial charge in [-0.05, 0) is 47.5 Å². The normalized spacial score (nSPS) is 16.2. The molecule has 3 N–H and O–H groups in total. The average molecular weight is 342 g/mol. The Morgan fingerprint density at radius 1 is 0.880 bits per heavy atom. The molecule has 25 heavy (non-hydrogen) atoms. The summed E-state index contributed by atoms with van der Waals surface area (Å²) in [6, 6.07) is 15.7. The van der Waals surface area contributed by atoms with Gasteiger partial charge in [-0.25, -0.2) is 0 Å². The van der Waals surface area contributed by atoms with Gasteiger partial charge in [0.05, 0.1) is 25.0 Å². The third-order valence-corrected chi connectivity index (χ3v) is 3.94. The van der Waals surface area contributed by atoms with Gasteiger partial charge in [0.15, 0.2) is 0 Å². The van der Waals surface area contributed by atoms with E-state index >= 15 is 0 Å². The van der Waals surface area contributed by atoms with E-state index in [0.29, 0.717) is 13.2 Å². The molecule has 0 radical (unpaired) electrons. The van der Waals surface area contributed by atoms with Crippen molar-refractivity contribution in [1.82, 2.24) is 5.43 Å². The van der Waals surface area contributed by atoms with Crippen LogP contribution in [0, 0.1) is 0 Å². The van der Waals surface area contributed by atoms with Gasteiger partial charge in [-0.3, -0.25) is 0 Å². The number of ether oxygens (including phenoxy) is 2. The second-order valence-electron chi connectivity index (χ2n) is 5.68. The van der Waals surface area contributed by atoms with E-state index in [9.17, 15) is 0 Å². The molecule has 1 heterocycles. The minimum Gasteiger partial charge on any atom is -0.491 e. The van der Waals surface area contributed by atoms with Crippen molar-refractivity contribution in [2.75, 3.05) is 26.4 Å². The predicted octanol–water partition coefficient (Wildman–Crippen LogP) is 1.87. The second kappa shape index (κ2) is 8.50. The van der Waals surface area contributed by atoms with E-state index in [-0.39, 0.29) is 19.3 Å². The lowest BCUT2D eigenvalue weighted by Crippen LogP contribution is -2.10. The quantitative estimate of drug-likeness (QED) is 0.682. The zero-order chi connectivity index (χ0) is 17.5. The van der Waals surface area contributed by atoms with Crippen molar-refractivity contribution in [1.29, 1.82) is 0 Å². The summed E-state index contributed by atoms with van der Waals surface area (Å²) < 4.78 is 10.7. The van der Waals surface area contributed by atoms with E-state index in [2.05, 4.69) is 10.5 Å². The van der Waals surface area contributed by atoms with Crippen LogP contribution >= 0.6 is 0 Å².